The zero-order valence-electron chi connectivity index (χ0n) is 14.2. The Morgan fingerprint density at radius 1 is 0.704 bits per heavy atom. The molecule has 0 atom stereocenters. The Balaban J connectivity index is 1.56. The third-order valence-electron chi connectivity index (χ3n) is 4.25. The maximum atomic E-state index is 12.7. The maximum Gasteiger partial charge on any atom is 0.194 e. The van der Waals surface area contributed by atoms with Gasteiger partial charge in [0.15, 0.2) is 5.78 Å². The van der Waals surface area contributed by atoms with Crippen molar-refractivity contribution in [2.75, 3.05) is 0 Å². The third-order valence-corrected chi connectivity index (χ3v) is 4.81. The van der Waals surface area contributed by atoms with Crippen molar-refractivity contribution < 1.29 is 9.53 Å². The third kappa shape index (κ3) is 3.82. The van der Waals surface area contributed by atoms with E-state index in [0.717, 1.165) is 16.5 Å². The molecule has 0 N–H and O–H groups in total. The molecular formula is C23H14Cl2O2. The monoisotopic (exact) mass is 392 g/mol. The topological polar surface area (TPSA) is 26.3 Å². The SMILES string of the molecule is O=C(c1ccc(Oc2ccc3ccccc3c2)cc1)c1cc(Cl)ccc1Cl. The summed E-state index contributed by atoms with van der Waals surface area (Å²) in [5.74, 6) is 1.21. The van der Waals surface area contributed by atoms with Crippen molar-refractivity contribution in [1.82, 2.24) is 0 Å². The lowest BCUT2D eigenvalue weighted by atomic mass is 10.0. The Morgan fingerprint density at radius 3 is 2.19 bits per heavy atom. The van der Waals surface area contributed by atoms with Crippen LogP contribution in [-0.4, -0.2) is 5.78 Å². The van der Waals surface area contributed by atoms with E-state index in [4.69, 9.17) is 27.9 Å². The van der Waals surface area contributed by atoms with E-state index in [-0.39, 0.29) is 5.78 Å². The molecule has 0 bridgehead atoms. The van der Waals surface area contributed by atoms with Crippen LogP contribution in [0.2, 0.25) is 10.0 Å². The summed E-state index contributed by atoms with van der Waals surface area (Å²) in [5.41, 5.74) is 0.900. The second-order valence-electron chi connectivity index (χ2n) is 6.09. The van der Waals surface area contributed by atoms with E-state index >= 15 is 0 Å². The van der Waals surface area contributed by atoms with E-state index < -0.39 is 0 Å². The largest absolute Gasteiger partial charge is 0.457 e. The van der Waals surface area contributed by atoms with E-state index in [2.05, 4.69) is 6.07 Å². The lowest BCUT2D eigenvalue weighted by Crippen LogP contribution is -2.02. The first-order valence-corrected chi connectivity index (χ1v) is 9.12. The van der Waals surface area contributed by atoms with Gasteiger partial charge in [0.1, 0.15) is 11.5 Å². The van der Waals surface area contributed by atoms with Gasteiger partial charge in [-0.05, 0) is 65.4 Å². The molecule has 0 saturated carbocycles. The molecule has 27 heavy (non-hydrogen) atoms. The van der Waals surface area contributed by atoms with Crippen molar-refractivity contribution >= 4 is 39.8 Å². The number of carbonyl (C=O) groups excluding carboxylic acids is 1. The zero-order valence-corrected chi connectivity index (χ0v) is 15.7. The molecule has 0 spiro atoms. The average molecular weight is 393 g/mol. The number of hydrogen-bond donors (Lipinski definition) is 0. The predicted octanol–water partition coefficient (Wildman–Crippen LogP) is 7.17. The molecule has 0 radical (unpaired) electrons. The van der Waals surface area contributed by atoms with Crippen LogP contribution < -0.4 is 4.74 Å². The summed E-state index contributed by atoms with van der Waals surface area (Å²) in [5, 5.41) is 3.11. The van der Waals surface area contributed by atoms with E-state index in [1.165, 1.54) is 0 Å². The lowest BCUT2D eigenvalue weighted by molar-refractivity contribution is 0.103. The van der Waals surface area contributed by atoms with Gasteiger partial charge in [0, 0.05) is 16.1 Å². The minimum atomic E-state index is -0.181. The highest BCUT2D eigenvalue weighted by atomic mass is 35.5. The Labute approximate surface area is 166 Å². The van der Waals surface area contributed by atoms with Gasteiger partial charge in [-0.15, -0.1) is 0 Å². The van der Waals surface area contributed by atoms with Gasteiger partial charge in [0.05, 0.1) is 5.02 Å². The number of benzene rings is 4. The normalized spacial score (nSPS) is 10.7. The van der Waals surface area contributed by atoms with Gasteiger partial charge < -0.3 is 4.74 Å². The van der Waals surface area contributed by atoms with Crippen molar-refractivity contribution in [3.63, 3.8) is 0 Å². The summed E-state index contributed by atoms with van der Waals surface area (Å²) in [6, 6.07) is 25.8. The van der Waals surface area contributed by atoms with Gasteiger partial charge in [-0.3, -0.25) is 4.79 Å². The average Bonchev–Trinajstić information content (AvgIpc) is 2.70. The molecule has 0 fully saturated rings. The molecule has 0 aliphatic heterocycles. The van der Waals surface area contributed by atoms with E-state index in [9.17, 15) is 4.79 Å². The van der Waals surface area contributed by atoms with Gasteiger partial charge in [-0.2, -0.15) is 0 Å². The molecule has 4 rings (SSSR count). The first kappa shape index (κ1) is 17.6. The van der Waals surface area contributed by atoms with Crippen LogP contribution in [0.5, 0.6) is 11.5 Å². The Bertz CT molecular complexity index is 1130. The molecule has 4 aromatic rings. The van der Waals surface area contributed by atoms with Crippen LogP contribution in [0.1, 0.15) is 15.9 Å². The van der Waals surface area contributed by atoms with E-state index in [1.54, 1.807) is 42.5 Å². The summed E-state index contributed by atoms with van der Waals surface area (Å²) in [7, 11) is 0. The molecule has 132 valence electrons. The number of ether oxygens (including phenoxy) is 1. The molecule has 0 aromatic heterocycles. The summed E-state index contributed by atoms with van der Waals surface area (Å²) in [6.07, 6.45) is 0. The van der Waals surface area contributed by atoms with Crippen molar-refractivity contribution in [3.05, 3.63) is 106 Å². The molecular weight excluding hydrogens is 379 g/mol. The van der Waals surface area contributed by atoms with Crippen LogP contribution in [0.15, 0.2) is 84.9 Å². The predicted molar refractivity (Wildman–Crippen MR) is 110 cm³/mol. The number of carbonyl (C=O) groups is 1. The second-order valence-corrected chi connectivity index (χ2v) is 6.93. The summed E-state index contributed by atoms with van der Waals surface area (Å²) < 4.78 is 5.91. The fraction of sp³-hybridized carbons (Fsp3) is 0. The molecule has 0 heterocycles. The van der Waals surface area contributed by atoms with E-state index in [1.807, 2.05) is 36.4 Å². The van der Waals surface area contributed by atoms with Crippen LogP contribution >= 0.6 is 23.2 Å². The summed E-state index contributed by atoms with van der Waals surface area (Å²) in [6.45, 7) is 0. The molecule has 0 saturated heterocycles. The first-order chi connectivity index (χ1) is 13.1. The number of fused-ring (bicyclic) bond motifs is 1. The zero-order chi connectivity index (χ0) is 18.8. The highest BCUT2D eigenvalue weighted by molar-refractivity contribution is 6.36. The van der Waals surface area contributed by atoms with Gasteiger partial charge in [-0.1, -0.05) is 53.5 Å². The Hall–Kier alpha value is -2.81. The quantitative estimate of drug-likeness (QED) is 0.344. The maximum absolute atomic E-state index is 12.7. The molecule has 0 amide bonds. The molecule has 4 aromatic carbocycles. The van der Waals surface area contributed by atoms with Gasteiger partial charge >= 0.3 is 0 Å². The molecule has 4 heteroatoms. The Kier molecular flexibility index (Phi) is 4.85. The molecule has 2 nitrogen and oxygen atoms in total. The van der Waals surface area contributed by atoms with Crippen molar-refractivity contribution in [1.29, 1.82) is 0 Å². The standard InChI is InChI=1S/C23H14Cl2O2/c24-18-8-12-22(25)21(14-18)23(26)16-6-9-19(10-7-16)27-20-11-5-15-3-1-2-4-17(15)13-20/h1-14H. The molecule has 0 unspecified atom stereocenters. The molecule has 0 aliphatic rings. The number of halogens is 2. The van der Waals surface area contributed by atoms with Crippen LogP contribution in [-0.2, 0) is 0 Å². The summed E-state index contributed by atoms with van der Waals surface area (Å²) >= 11 is 12.1. The highest BCUT2D eigenvalue weighted by Crippen LogP contribution is 2.27. The molecule has 0 aliphatic carbocycles. The lowest BCUT2D eigenvalue weighted by Gasteiger charge is -2.08. The first-order valence-electron chi connectivity index (χ1n) is 8.37. The van der Waals surface area contributed by atoms with Crippen molar-refractivity contribution in [2.45, 2.75) is 0 Å². The smallest absolute Gasteiger partial charge is 0.194 e. The van der Waals surface area contributed by atoms with Crippen LogP contribution in [0, 0.1) is 0 Å². The van der Waals surface area contributed by atoms with Crippen LogP contribution in [0.4, 0.5) is 0 Å². The summed E-state index contributed by atoms with van der Waals surface area (Å²) in [4.78, 5) is 12.7. The fourth-order valence-electron chi connectivity index (χ4n) is 2.87. The minimum absolute atomic E-state index is 0.181. The van der Waals surface area contributed by atoms with Crippen LogP contribution in [0.3, 0.4) is 0 Å². The number of hydrogen-bond acceptors (Lipinski definition) is 2. The van der Waals surface area contributed by atoms with E-state index in [0.29, 0.717) is 26.9 Å². The second kappa shape index (κ2) is 7.43. The van der Waals surface area contributed by atoms with Crippen molar-refractivity contribution in [2.24, 2.45) is 0 Å². The number of ketones is 1. The van der Waals surface area contributed by atoms with Gasteiger partial charge in [0.25, 0.3) is 0 Å². The minimum Gasteiger partial charge on any atom is -0.457 e. The van der Waals surface area contributed by atoms with Crippen LogP contribution in [0.25, 0.3) is 10.8 Å². The number of rotatable bonds is 4. The Morgan fingerprint density at radius 2 is 1.41 bits per heavy atom. The van der Waals surface area contributed by atoms with Gasteiger partial charge in [-0.25, -0.2) is 0 Å². The van der Waals surface area contributed by atoms with Crippen molar-refractivity contribution in [3.8, 4) is 11.5 Å². The fourth-order valence-corrected chi connectivity index (χ4v) is 3.24. The highest BCUT2D eigenvalue weighted by Gasteiger charge is 2.13. The van der Waals surface area contributed by atoms with Gasteiger partial charge in [0.2, 0.25) is 0 Å².